The van der Waals surface area contributed by atoms with E-state index in [2.05, 4.69) is 21.2 Å². The lowest BCUT2D eigenvalue weighted by Crippen LogP contribution is -2.28. The summed E-state index contributed by atoms with van der Waals surface area (Å²) in [4.78, 5) is 20.7. The second-order valence-corrected chi connectivity index (χ2v) is 9.02. The van der Waals surface area contributed by atoms with Crippen molar-refractivity contribution in [3.63, 3.8) is 0 Å². The molecule has 1 aromatic heterocycles. The number of fused-ring (bicyclic) bond motifs is 1. The maximum absolute atomic E-state index is 13.8. The van der Waals surface area contributed by atoms with Crippen molar-refractivity contribution in [3.05, 3.63) is 48.0 Å². The van der Waals surface area contributed by atoms with E-state index >= 15 is 0 Å². The summed E-state index contributed by atoms with van der Waals surface area (Å²) >= 11 is 0. The SMILES string of the molecule is C#Cc1cc(Nc2ncnc3cc(OC)c(OCC(C)(C)CC(C)C(=O)OCC)cc23)ccc1F. The maximum atomic E-state index is 13.8. The number of rotatable bonds is 10. The summed E-state index contributed by atoms with van der Waals surface area (Å²) in [5.41, 5.74) is 1.08. The summed E-state index contributed by atoms with van der Waals surface area (Å²) in [5.74, 6) is 2.93. The number of methoxy groups -OCH3 is 1. The van der Waals surface area contributed by atoms with Crippen LogP contribution in [0.3, 0.4) is 0 Å². The lowest BCUT2D eigenvalue weighted by Gasteiger charge is -2.27. The molecule has 0 bridgehead atoms. The second-order valence-electron chi connectivity index (χ2n) is 9.02. The Hall–Kier alpha value is -3.86. The highest BCUT2D eigenvalue weighted by Gasteiger charge is 2.27. The van der Waals surface area contributed by atoms with Gasteiger partial charge < -0.3 is 19.5 Å². The van der Waals surface area contributed by atoms with Crippen LogP contribution in [-0.2, 0) is 9.53 Å². The van der Waals surface area contributed by atoms with E-state index in [1.54, 1.807) is 32.2 Å². The monoisotopic (exact) mass is 479 g/mol. The number of carbonyl (C=O) groups is 1. The number of halogens is 1. The van der Waals surface area contributed by atoms with Crippen LogP contribution in [0.4, 0.5) is 15.9 Å². The van der Waals surface area contributed by atoms with Gasteiger partial charge in [-0.3, -0.25) is 4.79 Å². The van der Waals surface area contributed by atoms with E-state index in [9.17, 15) is 9.18 Å². The molecule has 0 aliphatic rings. The molecule has 0 aliphatic carbocycles. The summed E-state index contributed by atoms with van der Waals surface area (Å²) in [7, 11) is 1.56. The van der Waals surface area contributed by atoms with Gasteiger partial charge in [0.05, 0.1) is 37.3 Å². The van der Waals surface area contributed by atoms with Gasteiger partial charge in [-0.05, 0) is 43.0 Å². The van der Waals surface area contributed by atoms with Crippen molar-refractivity contribution < 1.29 is 23.4 Å². The normalized spacial score (nSPS) is 12.0. The smallest absolute Gasteiger partial charge is 0.308 e. The second kappa shape index (κ2) is 11.0. The number of anilines is 2. The van der Waals surface area contributed by atoms with Crippen molar-refractivity contribution in [3.8, 4) is 23.8 Å². The molecule has 0 saturated carbocycles. The van der Waals surface area contributed by atoms with E-state index in [0.29, 0.717) is 53.5 Å². The molecule has 1 unspecified atom stereocenters. The van der Waals surface area contributed by atoms with Crippen LogP contribution in [0.5, 0.6) is 11.5 Å². The summed E-state index contributed by atoms with van der Waals surface area (Å²) < 4.78 is 30.6. The predicted molar refractivity (Wildman–Crippen MR) is 133 cm³/mol. The largest absolute Gasteiger partial charge is 0.493 e. The minimum atomic E-state index is -0.467. The van der Waals surface area contributed by atoms with Gasteiger partial charge in [0.2, 0.25) is 0 Å². The van der Waals surface area contributed by atoms with Crippen LogP contribution in [0, 0.1) is 29.5 Å². The van der Waals surface area contributed by atoms with E-state index in [0.717, 1.165) is 0 Å². The van der Waals surface area contributed by atoms with Crippen LogP contribution in [0.1, 0.15) is 39.7 Å². The third kappa shape index (κ3) is 6.38. The summed E-state index contributed by atoms with van der Waals surface area (Å²) in [5, 5.41) is 3.86. The Labute approximate surface area is 205 Å². The van der Waals surface area contributed by atoms with Crippen molar-refractivity contribution >= 4 is 28.4 Å². The Morgan fingerprint density at radius 1 is 1.23 bits per heavy atom. The van der Waals surface area contributed by atoms with Gasteiger partial charge in [-0.2, -0.15) is 0 Å². The Balaban J connectivity index is 1.86. The fourth-order valence-corrected chi connectivity index (χ4v) is 3.82. The van der Waals surface area contributed by atoms with Gasteiger partial charge in [0.15, 0.2) is 11.5 Å². The molecule has 0 saturated heterocycles. The van der Waals surface area contributed by atoms with Crippen molar-refractivity contribution in [2.45, 2.75) is 34.1 Å². The van der Waals surface area contributed by atoms with Gasteiger partial charge in [0.1, 0.15) is 18.0 Å². The molecule has 0 spiro atoms. The third-order valence-electron chi connectivity index (χ3n) is 5.47. The Morgan fingerprint density at radius 3 is 2.69 bits per heavy atom. The summed E-state index contributed by atoms with van der Waals surface area (Å²) in [6, 6.07) is 7.99. The molecule has 2 aromatic carbocycles. The first-order chi connectivity index (χ1) is 16.7. The molecule has 7 nitrogen and oxygen atoms in total. The van der Waals surface area contributed by atoms with Gasteiger partial charge >= 0.3 is 5.97 Å². The van der Waals surface area contributed by atoms with Crippen LogP contribution in [-0.4, -0.2) is 36.3 Å². The highest BCUT2D eigenvalue weighted by Crippen LogP contribution is 2.36. The minimum absolute atomic E-state index is 0.151. The Kier molecular flexibility index (Phi) is 8.13. The maximum Gasteiger partial charge on any atom is 0.308 e. The fourth-order valence-electron chi connectivity index (χ4n) is 3.82. The molecule has 184 valence electrons. The molecule has 8 heteroatoms. The van der Waals surface area contributed by atoms with Crippen molar-refractivity contribution in [2.24, 2.45) is 11.3 Å². The zero-order valence-electron chi connectivity index (χ0n) is 20.6. The zero-order chi connectivity index (χ0) is 25.6. The first-order valence-corrected chi connectivity index (χ1v) is 11.3. The van der Waals surface area contributed by atoms with E-state index in [1.165, 1.54) is 18.5 Å². The molecule has 35 heavy (non-hydrogen) atoms. The van der Waals surface area contributed by atoms with Crippen LogP contribution in [0.2, 0.25) is 0 Å². The lowest BCUT2D eigenvalue weighted by atomic mass is 9.84. The van der Waals surface area contributed by atoms with Crippen LogP contribution in [0.15, 0.2) is 36.7 Å². The van der Waals surface area contributed by atoms with Gasteiger partial charge in [-0.25, -0.2) is 14.4 Å². The topological polar surface area (TPSA) is 82.6 Å². The number of benzene rings is 2. The third-order valence-corrected chi connectivity index (χ3v) is 5.47. The minimum Gasteiger partial charge on any atom is -0.493 e. The number of aromatic nitrogens is 2. The fraction of sp³-hybridized carbons (Fsp3) is 0.370. The van der Waals surface area contributed by atoms with Gasteiger partial charge in [0, 0.05) is 17.1 Å². The Morgan fingerprint density at radius 2 is 2.00 bits per heavy atom. The molecule has 3 rings (SSSR count). The molecule has 1 heterocycles. The van der Waals surface area contributed by atoms with E-state index in [4.69, 9.17) is 20.6 Å². The average molecular weight is 480 g/mol. The molecule has 3 aromatic rings. The molecule has 0 amide bonds. The van der Waals surface area contributed by atoms with Crippen molar-refractivity contribution in [1.29, 1.82) is 0 Å². The number of nitrogens with one attached hydrogen (secondary N) is 1. The predicted octanol–water partition coefficient (Wildman–Crippen LogP) is 5.50. The number of hydrogen-bond donors (Lipinski definition) is 1. The number of nitrogens with zero attached hydrogens (tertiary/aromatic N) is 2. The van der Waals surface area contributed by atoms with Crippen LogP contribution < -0.4 is 14.8 Å². The average Bonchev–Trinajstić information content (AvgIpc) is 2.83. The number of carbonyl (C=O) groups excluding carboxylic acids is 1. The number of terminal acetylenes is 1. The first kappa shape index (κ1) is 25.8. The molecular formula is C27H30FN3O4. The van der Waals surface area contributed by atoms with E-state index in [-0.39, 0.29) is 22.9 Å². The van der Waals surface area contributed by atoms with Gasteiger partial charge in [-0.1, -0.05) is 26.7 Å². The van der Waals surface area contributed by atoms with Crippen LogP contribution >= 0.6 is 0 Å². The lowest BCUT2D eigenvalue weighted by molar-refractivity contribution is -0.148. The molecule has 1 N–H and O–H groups in total. The molecule has 0 radical (unpaired) electrons. The van der Waals surface area contributed by atoms with Crippen LogP contribution in [0.25, 0.3) is 10.9 Å². The Bertz CT molecular complexity index is 1250. The summed E-state index contributed by atoms with van der Waals surface area (Å²) in [6.45, 7) is 8.41. The number of ether oxygens (including phenoxy) is 3. The zero-order valence-corrected chi connectivity index (χ0v) is 20.6. The quantitative estimate of drug-likeness (QED) is 0.304. The molecule has 0 fully saturated rings. The standard InChI is InChI=1S/C27H30FN3O4/c1-7-18-11-19(9-10-21(18)28)31-25-20-12-24(23(33-6)13-22(20)29-16-30-25)35-15-27(4,5)14-17(3)26(32)34-8-2/h1,9-13,16-17H,8,14-15H2,2-6H3,(H,29,30,31). The first-order valence-electron chi connectivity index (χ1n) is 11.3. The highest BCUT2D eigenvalue weighted by atomic mass is 19.1. The number of hydrogen-bond acceptors (Lipinski definition) is 7. The van der Waals surface area contributed by atoms with E-state index in [1.807, 2.05) is 20.8 Å². The molecule has 0 aliphatic heterocycles. The van der Waals surface area contributed by atoms with Gasteiger partial charge in [0.25, 0.3) is 0 Å². The molecule has 1 atom stereocenters. The highest BCUT2D eigenvalue weighted by molar-refractivity contribution is 5.93. The van der Waals surface area contributed by atoms with Gasteiger partial charge in [-0.15, -0.1) is 6.42 Å². The van der Waals surface area contributed by atoms with E-state index < -0.39 is 5.82 Å². The number of esters is 1. The van der Waals surface area contributed by atoms with Crippen molar-refractivity contribution in [2.75, 3.05) is 25.6 Å². The summed E-state index contributed by atoms with van der Waals surface area (Å²) in [6.07, 6.45) is 7.41. The molecular weight excluding hydrogens is 449 g/mol. The van der Waals surface area contributed by atoms with Crippen molar-refractivity contribution in [1.82, 2.24) is 9.97 Å².